The summed E-state index contributed by atoms with van der Waals surface area (Å²) in [6, 6.07) is 7.90. The van der Waals surface area contributed by atoms with Crippen LogP contribution in [0.2, 0.25) is 0 Å². The molecule has 0 saturated carbocycles. The lowest BCUT2D eigenvalue weighted by atomic mass is 10.1. The second-order valence-corrected chi connectivity index (χ2v) is 6.84. The van der Waals surface area contributed by atoms with Gasteiger partial charge in [-0.15, -0.1) is 11.3 Å². The molecule has 1 saturated heterocycles. The molecule has 120 valence electrons. The van der Waals surface area contributed by atoms with E-state index in [0.29, 0.717) is 6.42 Å². The van der Waals surface area contributed by atoms with Crippen LogP contribution in [0, 0.1) is 6.92 Å². The Bertz CT molecular complexity index is 697. The van der Waals surface area contributed by atoms with Crippen molar-refractivity contribution in [1.29, 1.82) is 0 Å². The van der Waals surface area contributed by atoms with Gasteiger partial charge < -0.3 is 14.5 Å². The first-order valence-corrected chi connectivity index (χ1v) is 8.79. The van der Waals surface area contributed by atoms with Gasteiger partial charge in [-0.3, -0.25) is 4.79 Å². The molecular weight excluding hydrogens is 310 g/mol. The Morgan fingerprint density at radius 3 is 2.74 bits per heavy atom. The molecule has 2 aromatic rings. The van der Waals surface area contributed by atoms with Crippen LogP contribution in [0.1, 0.15) is 11.3 Å². The maximum atomic E-state index is 12.7. The van der Waals surface area contributed by atoms with Crippen LogP contribution >= 0.6 is 11.3 Å². The zero-order valence-corrected chi connectivity index (χ0v) is 13.9. The standard InChI is InChI=1S/C17H19N3O2S/c1-12-11-23-17(18-12)20-8-6-19(7-9-20)16(21)15-10-13-4-2-3-5-14(13)22-15/h2-5,11,15H,6-10H2,1H3/t15-/m0/s1. The van der Waals surface area contributed by atoms with Gasteiger partial charge in [0.05, 0.1) is 5.69 Å². The molecule has 0 bridgehead atoms. The maximum absolute atomic E-state index is 12.7. The highest BCUT2D eigenvalue weighted by molar-refractivity contribution is 7.13. The molecular formula is C17H19N3O2S. The van der Waals surface area contributed by atoms with E-state index in [1.54, 1.807) is 11.3 Å². The number of thiazole rings is 1. The van der Waals surface area contributed by atoms with Crippen LogP contribution in [0.15, 0.2) is 29.6 Å². The molecule has 2 aliphatic rings. The number of carbonyl (C=O) groups is 1. The van der Waals surface area contributed by atoms with Crippen molar-refractivity contribution >= 4 is 22.4 Å². The van der Waals surface area contributed by atoms with E-state index >= 15 is 0 Å². The number of hydrogen-bond acceptors (Lipinski definition) is 5. The van der Waals surface area contributed by atoms with Crippen molar-refractivity contribution in [3.63, 3.8) is 0 Å². The van der Waals surface area contributed by atoms with Gasteiger partial charge in [0.2, 0.25) is 0 Å². The van der Waals surface area contributed by atoms with Gasteiger partial charge in [0.1, 0.15) is 5.75 Å². The molecule has 0 spiro atoms. The van der Waals surface area contributed by atoms with E-state index in [2.05, 4.69) is 15.3 Å². The number of benzene rings is 1. The lowest BCUT2D eigenvalue weighted by molar-refractivity contribution is -0.138. The maximum Gasteiger partial charge on any atom is 0.264 e. The van der Waals surface area contributed by atoms with Crippen LogP contribution in [0.3, 0.4) is 0 Å². The summed E-state index contributed by atoms with van der Waals surface area (Å²) in [6.07, 6.45) is 0.321. The van der Waals surface area contributed by atoms with Crippen molar-refractivity contribution in [3.05, 3.63) is 40.9 Å². The average Bonchev–Trinajstić information content (AvgIpc) is 3.20. The summed E-state index contributed by atoms with van der Waals surface area (Å²) < 4.78 is 5.82. The van der Waals surface area contributed by atoms with Crippen LogP contribution in [-0.2, 0) is 11.2 Å². The summed E-state index contributed by atoms with van der Waals surface area (Å²) in [6.45, 7) is 5.13. The summed E-state index contributed by atoms with van der Waals surface area (Å²) in [7, 11) is 0. The van der Waals surface area contributed by atoms with Gasteiger partial charge in [-0.2, -0.15) is 0 Å². The van der Waals surface area contributed by atoms with E-state index in [-0.39, 0.29) is 12.0 Å². The number of ether oxygens (including phenoxy) is 1. The molecule has 0 unspecified atom stereocenters. The predicted molar refractivity (Wildman–Crippen MR) is 90.2 cm³/mol. The van der Waals surface area contributed by atoms with E-state index in [1.165, 1.54) is 0 Å². The number of hydrogen-bond donors (Lipinski definition) is 0. The molecule has 4 rings (SSSR count). The first-order chi connectivity index (χ1) is 11.2. The normalized spacial score (nSPS) is 20.3. The largest absolute Gasteiger partial charge is 0.480 e. The highest BCUT2D eigenvalue weighted by Gasteiger charge is 2.33. The fourth-order valence-corrected chi connectivity index (χ4v) is 3.99. The molecule has 6 heteroatoms. The predicted octanol–water partition coefficient (Wildman–Crippen LogP) is 2.10. The van der Waals surface area contributed by atoms with Crippen molar-refractivity contribution in [2.45, 2.75) is 19.4 Å². The first kappa shape index (κ1) is 14.5. The number of aryl methyl sites for hydroxylation is 1. The second-order valence-electron chi connectivity index (χ2n) is 6.00. The third kappa shape index (κ3) is 2.79. The van der Waals surface area contributed by atoms with E-state index in [1.807, 2.05) is 36.1 Å². The van der Waals surface area contributed by atoms with Crippen molar-refractivity contribution in [3.8, 4) is 5.75 Å². The van der Waals surface area contributed by atoms with E-state index in [9.17, 15) is 4.79 Å². The molecule has 5 nitrogen and oxygen atoms in total. The van der Waals surface area contributed by atoms with E-state index < -0.39 is 0 Å². The van der Waals surface area contributed by atoms with Crippen molar-refractivity contribution in [2.24, 2.45) is 0 Å². The highest BCUT2D eigenvalue weighted by atomic mass is 32.1. The summed E-state index contributed by atoms with van der Waals surface area (Å²) in [5.74, 6) is 0.957. The molecule has 1 fully saturated rings. The zero-order chi connectivity index (χ0) is 15.8. The number of para-hydroxylation sites is 1. The summed E-state index contributed by atoms with van der Waals surface area (Å²) >= 11 is 1.67. The van der Waals surface area contributed by atoms with Crippen molar-refractivity contribution in [1.82, 2.24) is 9.88 Å². The minimum absolute atomic E-state index is 0.108. The minimum Gasteiger partial charge on any atom is -0.480 e. The van der Waals surface area contributed by atoms with Crippen molar-refractivity contribution in [2.75, 3.05) is 31.1 Å². The van der Waals surface area contributed by atoms with Crippen LogP contribution in [0.5, 0.6) is 5.75 Å². The molecule has 0 aliphatic carbocycles. The quantitative estimate of drug-likeness (QED) is 0.846. The Morgan fingerprint density at radius 1 is 1.26 bits per heavy atom. The number of carbonyl (C=O) groups excluding carboxylic acids is 1. The SMILES string of the molecule is Cc1csc(N2CCN(C(=O)[C@@H]3Cc4ccccc4O3)CC2)n1. The van der Waals surface area contributed by atoms with Gasteiger partial charge in [0.25, 0.3) is 5.91 Å². The van der Waals surface area contributed by atoms with Gasteiger partial charge in [-0.25, -0.2) is 4.98 Å². The summed E-state index contributed by atoms with van der Waals surface area (Å²) in [4.78, 5) is 21.4. The number of piperazine rings is 1. The number of fused-ring (bicyclic) bond motifs is 1. The molecule has 1 atom stereocenters. The Morgan fingerprint density at radius 2 is 2.04 bits per heavy atom. The molecule has 1 aromatic heterocycles. The molecule has 2 aliphatic heterocycles. The Hall–Kier alpha value is -2.08. The Balaban J connectivity index is 1.37. The molecule has 1 amide bonds. The molecule has 3 heterocycles. The molecule has 0 N–H and O–H groups in total. The lowest BCUT2D eigenvalue weighted by Gasteiger charge is -2.35. The minimum atomic E-state index is -0.360. The van der Waals surface area contributed by atoms with Gasteiger partial charge in [0.15, 0.2) is 11.2 Å². The number of rotatable bonds is 2. The van der Waals surface area contributed by atoms with Crippen LogP contribution in [0.25, 0.3) is 0 Å². The topological polar surface area (TPSA) is 45.7 Å². The van der Waals surface area contributed by atoms with Gasteiger partial charge in [-0.1, -0.05) is 18.2 Å². The second kappa shape index (κ2) is 5.85. The summed E-state index contributed by atoms with van der Waals surface area (Å²) in [5.41, 5.74) is 2.18. The van der Waals surface area contributed by atoms with Crippen LogP contribution in [-0.4, -0.2) is 48.1 Å². The number of aromatic nitrogens is 1. The third-order valence-corrected chi connectivity index (χ3v) is 5.41. The summed E-state index contributed by atoms with van der Waals surface area (Å²) in [5, 5.41) is 3.12. The third-order valence-electron chi connectivity index (χ3n) is 4.39. The molecule has 1 aromatic carbocycles. The zero-order valence-electron chi connectivity index (χ0n) is 13.1. The average molecular weight is 329 g/mol. The molecule has 0 radical (unpaired) electrons. The van der Waals surface area contributed by atoms with Gasteiger partial charge in [0, 0.05) is 38.0 Å². The number of nitrogens with zero attached hydrogens (tertiary/aromatic N) is 3. The van der Waals surface area contributed by atoms with Gasteiger partial charge >= 0.3 is 0 Å². The first-order valence-electron chi connectivity index (χ1n) is 7.91. The van der Waals surface area contributed by atoms with Crippen LogP contribution < -0.4 is 9.64 Å². The number of anilines is 1. The Labute approximate surface area is 139 Å². The van der Waals surface area contributed by atoms with E-state index in [4.69, 9.17) is 4.74 Å². The fraction of sp³-hybridized carbons (Fsp3) is 0.412. The van der Waals surface area contributed by atoms with Crippen LogP contribution in [0.4, 0.5) is 5.13 Å². The highest BCUT2D eigenvalue weighted by Crippen LogP contribution is 2.29. The van der Waals surface area contributed by atoms with Crippen molar-refractivity contribution < 1.29 is 9.53 Å². The smallest absolute Gasteiger partial charge is 0.264 e. The fourth-order valence-electron chi connectivity index (χ4n) is 3.13. The van der Waals surface area contributed by atoms with Gasteiger partial charge in [-0.05, 0) is 18.6 Å². The Kier molecular flexibility index (Phi) is 3.69. The number of amides is 1. The van der Waals surface area contributed by atoms with E-state index in [0.717, 1.165) is 48.3 Å². The lowest BCUT2D eigenvalue weighted by Crippen LogP contribution is -2.52. The monoisotopic (exact) mass is 329 g/mol. The molecule has 23 heavy (non-hydrogen) atoms.